The quantitative estimate of drug-likeness (QED) is 0.581. The molecular weight excluding hydrogens is 148 g/mol. The Kier molecular flexibility index (Phi) is 3.20. The van der Waals surface area contributed by atoms with Gasteiger partial charge < -0.3 is 0 Å². The maximum Gasteiger partial charge on any atom is 0.0555 e. The third kappa shape index (κ3) is 3.10. The van der Waals surface area contributed by atoms with Gasteiger partial charge in [0.1, 0.15) is 0 Å². The Morgan fingerprint density at radius 2 is 1.92 bits per heavy atom. The minimum absolute atomic E-state index is 0.906. The van der Waals surface area contributed by atoms with Crippen LogP contribution in [0.15, 0.2) is 36.8 Å². The van der Waals surface area contributed by atoms with Crippen LogP contribution in [0.25, 0.3) is 0 Å². The molecule has 0 aliphatic carbocycles. The number of aryl methyl sites for hydroxylation is 2. The van der Waals surface area contributed by atoms with Gasteiger partial charge in [0.05, 0.1) is 5.69 Å². The molecule has 0 unspecified atom stereocenters. The van der Waals surface area contributed by atoms with E-state index in [1.165, 1.54) is 0 Å². The maximum atomic E-state index is 4.13. The minimum atomic E-state index is 0.906. The molecule has 0 fully saturated rings. The number of nitrogens with zero attached hydrogens (tertiary/aromatic N) is 2. The maximum absolute atomic E-state index is 4.13. The van der Waals surface area contributed by atoms with Gasteiger partial charge in [-0.1, -0.05) is 6.07 Å². The number of hydrogen-bond donors (Lipinski definition) is 0. The third-order valence-electron chi connectivity index (χ3n) is 1.41. The van der Waals surface area contributed by atoms with Crippen LogP contribution in [0.4, 0.5) is 0 Å². The lowest BCUT2D eigenvalue weighted by Crippen LogP contribution is -1.74. The average Bonchev–Trinajstić information content (AvgIpc) is 2.06. The molecule has 62 valence electrons. The first kappa shape index (κ1) is 8.65. The van der Waals surface area contributed by atoms with Crippen molar-refractivity contribution in [3.63, 3.8) is 0 Å². The molecular formula is C10H12N2. The van der Waals surface area contributed by atoms with E-state index >= 15 is 0 Å². The summed E-state index contributed by atoms with van der Waals surface area (Å²) in [4.78, 5) is 8.18. The standard InChI is InChI=1S/C10H12N2/c1-9-4-3-6-12-10(2)8-11-7-5-9/h3-8H,1-2H3. The fraction of sp³-hybridized carbons (Fsp3) is 0.200. The van der Waals surface area contributed by atoms with Crippen molar-refractivity contribution >= 4 is 0 Å². The van der Waals surface area contributed by atoms with Gasteiger partial charge in [-0.25, -0.2) is 0 Å². The molecule has 0 aromatic carbocycles. The van der Waals surface area contributed by atoms with Crippen molar-refractivity contribution < 1.29 is 0 Å². The van der Waals surface area contributed by atoms with Gasteiger partial charge in [-0.2, -0.15) is 0 Å². The predicted octanol–water partition coefficient (Wildman–Crippen LogP) is 2.22. The highest BCUT2D eigenvalue weighted by molar-refractivity contribution is 5.05. The monoisotopic (exact) mass is 160 g/mol. The second-order valence-electron chi connectivity index (χ2n) is 2.62. The topological polar surface area (TPSA) is 25.8 Å². The van der Waals surface area contributed by atoms with Crippen LogP contribution in [0.2, 0.25) is 0 Å². The van der Waals surface area contributed by atoms with Crippen LogP contribution in [-0.2, 0) is 0 Å². The van der Waals surface area contributed by atoms with E-state index in [4.69, 9.17) is 0 Å². The Balaban J connectivity index is 3.18. The highest BCUT2D eigenvalue weighted by Crippen LogP contribution is 1.89. The SMILES string of the molecule is Cc1cccnc(C)cncc1. The lowest BCUT2D eigenvalue weighted by molar-refractivity contribution is 1.16. The second-order valence-corrected chi connectivity index (χ2v) is 2.62. The largest absolute Gasteiger partial charge is 0.263 e. The van der Waals surface area contributed by atoms with Gasteiger partial charge in [0.15, 0.2) is 0 Å². The molecule has 0 saturated carbocycles. The van der Waals surface area contributed by atoms with Gasteiger partial charge in [0, 0.05) is 18.6 Å². The smallest absolute Gasteiger partial charge is 0.0555 e. The van der Waals surface area contributed by atoms with E-state index in [1.807, 2.05) is 32.0 Å². The van der Waals surface area contributed by atoms with Crippen molar-refractivity contribution in [2.75, 3.05) is 0 Å². The molecule has 12 heavy (non-hydrogen) atoms. The summed E-state index contributed by atoms with van der Waals surface area (Å²) in [7, 11) is 0. The van der Waals surface area contributed by atoms with Crippen LogP contribution >= 0.6 is 0 Å². The molecule has 0 atom stereocenters. The minimum Gasteiger partial charge on any atom is -0.263 e. The summed E-state index contributed by atoms with van der Waals surface area (Å²) < 4.78 is 0. The van der Waals surface area contributed by atoms with E-state index in [9.17, 15) is 0 Å². The van der Waals surface area contributed by atoms with E-state index < -0.39 is 0 Å². The Bertz CT molecular complexity index is 247. The van der Waals surface area contributed by atoms with E-state index in [1.54, 1.807) is 18.6 Å². The molecule has 0 aliphatic heterocycles. The molecule has 1 heterocycles. The molecule has 0 spiro atoms. The zero-order valence-corrected chi connectivity index (χ0v) is 7.36. The van der Waals surface area contributed by atoms with E-state index in [2.05, 4.69) is 9.97 Å². The van der Waals surface area contributed by atoms with Gasteiger partial charge in [0.25, 0.3) is 0 Å². The third-order valence-corrected chi connectivity index (χ3v) is 1.41. The van der Waals surface area contributed by atoms with Crippen LogP contribution in [0.3, 0.4) is 0 Å². The van der Waals surface area contributed by atoms with Crippen LogP contribution in [0, 0.1) is 13.8 Å². The molecule has 0 radical (unpaired) electrons. The van der Waals surface area contributed by atoms with Crippen LogP contribution in [0.5, 0.6) is 0 Å². The van der Waals surface area contributed by atoms with Crippen molar-refractivity contribution in [3.05, 3.63) is 48.0 Å². The first-order chi connectivity index (χ1) is 5.79. The van der Waals surface area contributed by atoms with Gasteiger partial charge in [-0.05, 0) is 31.5 Å². The Morgan fingerprint density at radius 3 is 2.75 bits per heavy atom. The summed E-state index contributed by atoms with van der Waals surface area (Å²) in [5.41, 5.74) is 2.07. The summed E-state index contributed by atoms with van der Waals surface area (Å²) >= 11 is 0. The lowest BCUT2D eigenvalue weighted by Gasteiger charge is -1.83. The summed E-state index contributed by atoms with van der Waals surface area (Å²) in [6, 6.07) is 5.87. The Morgan fingerprint density at radius 1 is 1.08 bits per heavy atom. The zero-order chi connectivity index (χ0) is 8.81. The fourth-order valence-electron chi connectivity index (χ4n) is 0.756. The predicted molar refractivity (Wildman–Crippen MR) is 49.1 cm³/mol. The molecule has 0 saturated heterocycles. The van der Waals surface area contributed by atoms with E-state index in [0.29, 0.717) is 0 Å². The van der Waals surface area contributed by atoms with Gasteiger partial charge >= 0.3 is 0 Å². The van der Waals surface area contributed by atoms with Crippen molar-refractivity contribution in [2.45, 2.75) is 13.8 Å². The zero-order valence-electron chi connectivity index (χ0n) is 7.36. The van der Waals surface area contributed by atoms with Crippen LogP contribution < -0.4 is 0 Å². The van der Waals surface area contributed by atoms with Gasteiger partial charge in [-0.3, -0.25) is 9.97 Å². The molecule has 0 N–H and O–H groups in total. The molecule has 0 aliphatic rings. The Labute approximate surface area is 72.6 Å². The van der Waals surface area contributed by atoms with E-state index in [0.717, 1.165) is 11.3 Å². The van der Waals surface area contributed by atoms with Crippen LogP contribution in [0.1, 0.15) is 11.3 Å². The average molecular weight is 160 g/mol. The van der Waals surface area contributed by atoms with Crippen molar-refractivity contribution in [1.82, 2.24) is 9.97 Å². The molecule has 2 heteroatoms. The first-order valence-corrected chi connectivity index (χ1v) is 3.86. The molecule has 1 rings (SSSR count). The summed E-state index contributed by atoms with van der Waals surface area (Å²) in [6.45, 7) is 3.94. The fourth-order valence-corrected chi connectivity index (χ4v) is 0.756. The number of hydrogen-bond acceptors (Lipinski definition) is 2. The van der Waals surface area contributed by atoms with E-state index in [-0.39, 0.29) is 0 Å². The second kappa shape index (κ2) is 4.44. The van der Waals surface area contributed by atoms with Crippen LogP contribution in [-0.4, -0.2) is 9.97 Å². The van der Waals surface area contributed by atoms with Crippen molar-refractivity contribution in [1.29, 1.82) is 0 Å². The lowest BCUT2D eigenvalue weighted by atomic mass is 10.3. The summed E-state index contributed by atoms with van der Waals surface area (Å²) in [5.74, 6) is 0. The highest BCUT2D eigenvalue weighted by atomic mass is 14.7. The Hall–Kier alpha value is -1.44. The number of aromatic nitrogens is 2. The molecule has 0 bridgehead atoms. The first-order valence-electron chi connectivity index (χ1n) is 3.86. The highest BCUT2D eigenvalue weighted by Gasteiger charge is 1.75. The molecule has 1 aromatic rings. The molecule has 1 aromatic heterocycles. The molecule has 2 nitrogen and oxygen atoms in total. The van der Waals surface area contributed by atoms with Crippen molar-refractivity contribution in [2.24, 2.45) is 0 Å². The van der Waals surface area contributed by atoms with Crippen molar-refractivity contribution in [3.8, 4) is 0 Å². The molecule has 0 amide bonds. The summed E-state index contributed by atoms with van der Waals surface area (Å²) in [6.07, 6.45) is 5.27. The van der Waals surface area contributed by atoms with Gasteiger partial charge in [-0.15, -0.1) is 0 Å². The number of rotatable bonds is 0. The van der Waals surface area contributed by atoms with Gasteiger partial charge in [0.2, 0.25) is 0 Å². The normalized spacial score (nSPS) is 8.83. The summed E-state index contributed by atoms with van der Waals surface area (Å²) in [5, 5.41) is 0.